The summed E-state index contributed by atoms with van der Waals surface area (Å²) in [6.07, 6.45) is 8.84. The molecule has 0 aromatic heterocycles. The fourth-order valence-electron chi connectivity index (χ4n) is 7.45. The quantitative estimate of drug-likeness (QED) is 0.728. The van der Waals surface area contributed by atoms with E-state index in [0.717, 1.165) is 37.0 Å². The summed E-state index contributed by atoms with van der Waals surface area (Å²) in [5, 5.41) is 10.5. The van der Waals surface area contributed by atoms with Gasteiger partial charge in [-0.05, 0) is 78.9 Å². The molecule has 4 aliphatic rings. The molecular weight excluding hydrogens is 272 g/mol. The zero-order valence-electron chi connectivity index (χ0n) is 14.5. The summed E-state index contributed by atoms with van der Waals surface area (Å²) < 4.78 is 0. The van der Waals surface area contributed by atoms with E-state index in [-0.39, 0.29) is 11.5 Å². The molecule has 0 saturated heterocycles. The van der Waals surface area contributed by atoms with Gasteiger partial charge in [-0.25, -0.2) is 0 Å². The number of fused-ring (bicyclic) bond motifs is 5. The van der Waals surface area contributed by atoms with Crippen LogP contribution in [-0.4, -0.2) is 17.0 Å². The zero-order valence-corrected chi connectivity index (χ0v) is 14.5. The van der Waals surface area contributed by atoms with Crippen molar-refractivity contribution in [2.45, 2.75) is 78.2 Å². The Bertz CT molecular complexity index is 486. The lowest BCUT2D eigenvalue weighted by atomic mass is 9.43. The molecule has 4 fully saturated rings. The number of rotatable bonds is 0. The van der Waals surface area contributed by atoms with Crippen molar-refractivity contribution in [2.75, 3.05) is 0 Å². The van der Waals surface area contributed by atoms with Crippen LogP contribution in [0.2, 0.25) is 0 Å². The highest BCUT2D eigenvalue weighted by Crippen LogP contribution is 2.66. The van der Waals surface area contributed by atoms with Gasteiger partial charge >= 0.3 is 0 Å². The van der Waals surface area contributed by atoms with E-state index in [4.69, 9.17) is 0 Å². The number of ketones is 1. The van der Waals surface area contributed by atoms with Crippen LogP contribution in [0, 0.1) is 40.4 Å². The smallest absolute Gasteiger partial charge is 0.133 e. The first-order chi connectivity index (χ1) is 10.4. The summed E-state index contributed by atoms with van der Waals surface area (Å²) in [6, 6.07) is 0. The lowest BCUT2D eigenvalue weighted by molar-refractivity contribution is -0.154. The van der Waals surface area contributed by atoms with Crippen molar-refractivity contribution in [3.05, 3.63) is 0 Å². The Labute approximate surface area is 135 Å². The van der Waals surface area contributed by atoms with Gasteiger partial charge in [-0.3, -0.25) is 4.79 Å². The van der Waals surface area contributed by atoms with Crippen LogP contribution in [0.15, 0.2) is 0 Å². The normalized spacial score (nSPS) is 57.9. The summed E-state index contributed by atoms with van der Waals surface area (Å²) in [4.78, 5) is 12.1. The Morgan fingerprint density at radius 1 is 1.00 bits per heavy atom. The maximum Gasteiger partial charge on any atom is 0.133 e. The standard InChI is InChI=1S/C20H32O2/c1-12-10-14(21)11-13-4-5-15-16-6-7-18(22)19(16,2)9-8-17(15)20(12,13)3/h12-13,15-18,22H,4-11H2,1-3H3/t12-,13-,15-,16-,17+,18-,19-,20-/m0/s1. The van der Waals surface area contributed by atoms with Crippen molar-refractivity contribution in [3.8, 4) is 0 Å². The van der Waals surface area contributed by atoms with Gasteiger partial charge in [0.2, 0.25) is 0 Å². The molecule has 1 N–H and O–H groups in total. The molecule has 2 nitrogen and oxygen atoms in total. The van der Waals surface area contributed by atoms with Crippen LogP contribution in [-0.2, 0) is 4.79 Å². The SMILES string of the molecule is C[C@H]1CC(=O)C[C@@H]2CC[C@@H]3[C@@H](CC[C@]4(C)[C@@H](O)CC[C@@H]34)[C@]21C. The molecule has 0 radical (unpaired) electrons. The monoisotopic (exact) mass is 304 g/mol. The molecule has 0 aliphatic heterocycles. The fraction of sp³-hybridized carbons (Fsp3) is 0.950. The highest BCUT2D eigenvalue weighted by atomic mass is 16.3. The van der Waals surface area contributed by atoms with E-state index in [1.165, 1.54) is 32.1 Å². The second-order valence-electron chi connectivity index (χ2n) is 9.50. The van der Waals surface area contributed by atoms with E-state index in [0.29, 0.717) is 23.0 Å². The Hall–Kier alpha value is -0.370. The topological polar surface area (TPSA) is 37.3 Å². The number of carbonyl (C=O) groups excluding carboxylic acids is 1. The van der Waals surface area contributed by atoms with Crippen molar-refractivity contribution in [2.24, 2.45) is 40.4 Å². The predicted octanol–water partition coefficient (Wildman–Crippen LogP) is 4.21. The fourth-order valence-corrected chi connectivity index (χ4v) is 7.45. The molecule has 8 atom stereocenters. The molecule has 22 heavy (non-hydrogen) atoms. The Morgan fingerprint density at radius 3 is 2.55 bits per heavy atom. The Balaban J connectivity index is 1.67. The molecule has 4 aliphatic carbocycles. The van der Waals surface area contributed by atoms with Crippen LogP contribution < -0.4 is 0 Å². The maximum absolute atomic E-state index is 12.1. The van der Waals surface area contributed by atoms with Gasteiger partial charge in [0.1, 0.15) is 5.78 Å². The minimum absolute atomic E-state index is 0.0747. The van der Waals surface area contributed by atoms with Crippen molar-refractivity contribution in [1.82, 2.24) is 0 Å². The van der Waals surface area contributed by atoms with Crippen LogP contribution in [0.25, 0.3) is 0 Å². The molecule has 0 heterocycles. The van der Waals surface area contributed by atoms with Crippen LogP contribution in [0.5, 0.6) is 0 Å². The number of carbonyl (C=O) groups is 1. The van der Waals surface area contributed by atoms with Gasteiger partial charge in [-0.2, -0.15) is 0 Å². The first-order valence-electron chi connectivity index (χ1n) is 9.57. The van der Waals surface area contributed by atoms with Crippen molar-refractivity contribution in [1.29, 1.82) is 0 Å². The second-order valence-corrected chi connectivity index (χ2v) is 9.50. The van der Waals surface area contributed by atoms with Crippen LogP contribution in [0.4, 0.5) is 0 Å². The summed E-state index contributed by atoms with van der Waals surface area (Å²) in [6.45, 7) is 7.21. The number of hydrogen-bond donors (Lipinski definition) is 1. The summed E-state index contributed by atoms with van der Waals surface area (Å²) >= 11 is 0. The molecule has 4 saturated carbocycles. The lowest BCUT2D eigenvalue weighted by Gasteiger charge is -2.62. The average molecular weight is 304 g/mol. The van der Waals surface area contributed by atoms with Crippen molar-refractivity contribution >= 4 is 5.78 Å². The van der Waals surface area contributed by atoms with Crippen LogP contribution in [0.3, 0.4) is 0 Å². The van der Waals surface area contributed by atoms with E-state index < -0.39 is 0 Å². The van der Waals surface area contributed by atoms with Gasteiger partial charge in [0.05, 0.1) is 6.10 Å². The number of hydrogen-bond acceptors (Lipinski definition) is 2. The van der Waals surface area contributed by atoms with Gasteiger partial charge < -0.3 is 5.11 Å². The van der Waals surface area contributed by atoms with Gasteiger partial charge in [-0.15, -0.1) is 0 Å². The van der Waals surface area contributed by atoms with Gasteiger partial charge in [0.25, 0.3) is 0 Å². The van der Waals surface area contributed by atoms with Gasteiger partial charge in [0, 0.05) is 12.8 Å². The highest BCUT2D eigenvalue weighted by molar-refractivity contribution is 5.80. The first-order valence-corrected chi connectivity index (χ1v) is 9.57. The third-order valence-corrected chi connectivity index (χ3v) is 8.98. The maximum atomic E-state index is 12.1. The Kier molecular flexibility index (Phi) is 3.32. The van der Waals surface area contributed by atoms with Gasteiger partial charge in [0.15, 0.2) is 0 Å². The molecule has 0 aromatic rings. The molecule has 0 unspecified atom stereocenters. The van der Waals surface area contributed by atoms with Gasteiger partial charge in [-0.1, -0.05) is 20.8 Å². The molecule has 0 amide bonds. The van der Waals surface area contributed by atoms with E-state index >= 15 is 0 Å². The highest BCUT2D eigenvalue weighted by Gasteiger charge is 2.61. The summed E-state index contributed by atoms with van der Waals surface area (Å²) in [5.74, 6) is 3.99. The third kappa shape index (κ3) is 1.79. The molecule has 4 rings (SSSR count). The molecule has 124 valence electrons. The van der Waals surface area contributed by atoms with E-state index in [1.54, 1.807) is 0 Å². The largest absolute Gasteiger partial charge is 0.393 e. The minimum Gasteiger partial charge on any atom is -0.393 e. The van der Waals surface area contributed by atoms with E-state index in [1.807, 2.05) is 0 Å². The van der Waals surface area contributed by atoms with Crippen LogP contribution in [0.1, 0.15) is 72.1 Å². The predicted molar refractivity (Wildman–Crippen MR) is 87.3 cm³/mol. The third-order valence-electron chi connectivity index (χ3n) is 8.98. The van der Waals surface area contributed by atoms with E-state index in [2.05, 4.69) is 20.8 Å². The average Bonchev–Trinajstić information content (AvgIpc) is 2.77. The van der Waals surface area contributed by atoms with E-state index in [9.17, 15) is 9.90 Å². The first kappa shape index (κ1) is 15.2. The summed E-state index contributed by atoms with van der Waals surface area (Å²) in [5.41, 5.74) is 0.545. The van der Waals surface area contributed by atoms with Crippen molar-refractivity contribution < 1.29 is 9.90 Å². The molecule has 2 heteroatoms. The minimum atomic E-state index is -0.0747. The zero-order chi connectivity index (χ0) is 15.7. The van der Waals surface area contributed by atoms with Crippen molar-refractivity contribution in [3.63, 3.8) is 0 Å². The summed E-state index contributed by atoms with van der Waals surface area (Å²) in [7, 11) is 0. The molecule has 0 aromatic carbocycles. The van der Waals surface area contributed by atoms with Crippen LogP contribution >= 0.6 is 0 Å². The lowest BCUT2D eigenvalue weighted by Crippen LogP contribution is -2.56. The molecule has 0 spiro atoms. The number of Topliss-reactive ketones (excluding diaryl/α,β-unsaturated/α-hetero) is 1. The number of aliphatic hydroxyl groups excluding tert-OH is 1. The second kappa shape index (κ2) is 4.82. The Morgan fingerprint density at radius 2 is 1.77 bits per heavy atom. The molecular formula is C20H32O2. The molecule has 0 bridgehead atoms. The number of aliphatic hydroxyl groups is 1.